The van der Waals surface area contributed by atoms with E-state index >= 15 is 0 Å². The smallest absolute Gasteiger partial charge is 0.284 e. The van der Waals surface area contributed by atoms with Crippen molar-refractivity contribution in [3.63, 3.8) is 0 Å². The van der Waals surface area contributed by atoms with Gasteiger partial charge in [-0.05, 0) is 61.6 Å². The molecule has 4 heterocycles. The van der Waals surface area contributed by atoms with Crippen molar-refractivity contribution in [1.82, 2.24) is 5.32 Å². The lowest BCUT2D eigenvalue weighted by atomic mass is 9.76. The molecule has 8 atom stereocenters. The van der Waals surface area contributed by atoms with Crippen molar-refractivity contribution < 1.29 is 68.6 Å². The molecule has 3 aromatic carbocycles. The summed E-state index contributed by atoms with van der Waals surface area (Å²) in [5.74, 6) is -3.61. The first-order chi connectivity index (χ1) is 29.9. The number of aliphatic hydroxyl groups excluding tert-OH is 5. The van der Waals surface area contributed by atoms with Crippen molar-refractivity contribution in [2.24, 2.45) is 9.98 Å². The highest BCUT2D eigenvalue weighted by Crippen LogP contribution is 2.50. The minimum atomic E-state index is -1.88. The minimum Gasteiger partial charge on any atom is -0.492 e. The van der Waals surface area contributed by atoms with Crippen LogP contribution in [0.15, 0.2) is 70.9 Å². The number of guanidine groups is 1. The van der Waals surface area contributed by atoms with Gasteiger partial charge in [0, 0.05) is 40.2 Å². The summed E-state index contributed by atoms with van der Waals surface area (Å²) in [6.45, 7) is -0.968. The molecule has 1 spiro atoms. The molecule has 62 heavy (non-hydrogen) atoms. The number of amidine groups is 1. The Morgan fingerprint density at radius 2 is 1.76 bits per heavy atom. The SMILES string of the molecule is N=C1N=C2C(=NC[NH+]2c2ccccc2[C@@H]2/C=C\OC3(CCCCC3)[C@@H]3O[C@H](Oc4c2cc2c(c4OC[C@H](O)CC=O)C(=O)c4cc(CO)ccc4C2=O)[C@@H](O)[C@H](O)[C@H]3O)C(=O)N1. The lowest BCUT2D eigenvalue weighted by molar-refractivity contribution is -0.723. The van der Waals surface area contributed by atoms with E-state index < -0.39 is 79.0 Å². The van der Waals surface area contributed by atoms with Crippen LogP contribution in [0.25, 0.3) is 0 Å². The molecule has 1 saturated heterocycles. The molecule has 0 aromatic heterocycles. The Morgan fingerprint density at radius 1 is 0.968 bits per heavy atom. The number of allylic oxidation sites excluding steroid dienone is 1. The normalized spacial score (nSPS) is 28.3. The molecule has 1 saturated carbocycles. The fourth-order valence-corrected chi connectivity index (χ4v) is 9.33. The maximum Gasteiger partial charge on any atom is 0.284 e. The van der Waals surface area contributed by atoms with Crippen molar-refractivity contribution >= 4 is 47.0 Å². The third-order valence-electron chi connectivity index (χ3n) is 12.4. The molecule has 1 amide bonds. The fourth-order valence-electron chi connectivity index (χ4n) is 9.33. The summed E-state index contributed by atoms with van der Waals surface area (Å²) in [7, 11) is 0. The van der Waals surface area contributed by atoms with Gasteiger partial charge in [-0.1, -0.05) is 30.7 Å². The van der Waals surface area contributed by atoms with Crippen LogP contribution in [0.1, 0.15) is 93.0 Å². The van der Waals surface area contributed by atoms with Crippen LogP contribution >= 0.6 is 0 Å². The lowest BCUT2D eigenvalue weighted by Gasteiger charge is -2.49. The molecule has 2 aliphatic carbocycles. The molecule has 18 heteroatoms. The van der Waals surface area contributed by atoms with Crippen molar-refractivity contribution in [2.75, 3.05) is 13.3 Å². The lowest BCUT2D eigenvalue weighted by Crippen LogP contribution is -3.09. The average molecular weight is 851 g/mol. The number of ketones is 2. The molecule has 9 rings (SSSR count). The first-order valence-electron chi connectivity index (χ1n) is 20.4. The number of nitrogens with zero attached hydrogens (tertiary/aromatic N) is 2. The predicted molar refractivity (Wildman–Crippen MR) is 216 cm³/mol. The molecular weight excluding hydrogens is 807 g/mol. The van der Waals surface area contributed by atoms with Crippen LogP contribution in [-0.4, -0.2) is 122 Å². The van der Waals surface area contributed by atoms with E-state index in [4.69, 9.17) is 24.4 Å². The summed E-state index contributed by atoms with van der Waals surface area (Å²) < 4.78 is 26.0. The number of rotatable bonds is 8. The van der Waals surface area contributed by atoms with E-state index in [1.54, 1.807) is 30.3 Å². The Hall–Kier alpha value is -5.99. The number of benzene rings is 3. The van der Waals surface area contributed by atoms with Crippen LogP contribution in [0.2, 0.25) is 0 Å². The number of nitrogens with one attached hydrogen (secondary N) is 3. The maximum atomic E-state index is 14.7. The van der Waals surface area contributed by atoms with Gasteiger partial charge in [0.15, 0.2) is 29.7 Å². The number of aliphatic hydroxyl groups is 5. The first-order valence-corrected chi connectivity index (χ1v) is 20.4. The van der Waals surface area contributed by atoms with Gasteiger partial charge in [-0.15, -0.1) is 0 Å². The summed E-state index contributed by atoms with van der Waals surface area (Å²) in [6.07, 6.45) is -3.28. The molecule has 0 radical (unpaired) electrons. The summed E-state index contributed by atoms with van der Waals surface area (Å²) in [6, 6.07) is 12.9. The van der Waals surface area contributed by atoms with Crippen LogP contribution < -0.4 is 19.7 Å². The number of carbonyl (C=O) groups is 4. The first kappa shape index (κ1) is 41.4. The molecule has 322 valence electrons. The van der Waals surface area contributed by atoms with Crippen LogP contribution in [0.4, 0.5) is 5.69 Å². The largest absolute Gasteiger partial charge is 0.492 e. The van der Waals surface area contributed by atoms with E-state index in [0.29, 0.717) is 53.7 Å². The average Bonchev–Trinajstić information content (AvgIpc) is 3.70. The highest BCUT2D eigenvalue weighted by molar-refractivity contribution is 6.68. The van der Waals surface area contributed by atoms with E-state index in [1.165, 1.54) is 30.5 Å². The van der Waals surface area contributed by atoms with Gasteiger partial charge >= 0.3 is 0 Å². The van der Waals surface area contributed by atoms with Gasteiger partial charge in [0.25, 0.3) is 11.7 Å². The molecule has 8 N–H and O–H groups in total. The number of carbonyl (C=O) groups excluding carboxylic acids is 4. The molecule has 3 aromatic rings. The van der Waals surface area contributed by atoms with Gasteiger partial charge in [-0.25, -0.2) is 9.89 Å². The standard InChI is InChI=1S/C44H43N5O13/c45-43-47-40-31(41(58)48-43)46-20-49(40)29-7-3-2-6-24(29)23-11-15-60-44(12-4-1-5-13-44)39-35(56)34(55)36(57)42(62-39)61-37-27(23)17-28-30(38(37)59-19-22(52)10-14-50)33(54)26-16-21(18-51)8-9-25(26)32(28)53/h2-3,6-9,11,14-17,22-23,34-36,39,42,51-52,55-57H,1,4-5,10,12-13,18-20H2,(H2,45,48,58)/p+1/b15-11-/t22-,23+,34-,35-,36+,39-,42+/m1/s1. The quantitative estimate of drug-likeness (QED) is 0.111. The topological polar surface area (TPSA) is 271 Å². The number of quaternary nitrogens is 1. The zero-order valence-corrected chi connectivity index (χ0v) is 33.2. The number of aliphatic imine (C=N–C) groups is 2. The zero-order valence-electron chi connectivity index (χ0n) is 33.2. The van der Waals surface area contributed by atoms with Crippen molar-refractivity contribution in [3.8, 4) is 11.5 Å². The second-order valence-corrected chi connectivity index (χ2v) is 16.2. The van der Waals surface area contributed by atoms with E-state index in [0.717, 1.165) is 6.42 Å². The number of fused-ring (bicyclic) bond motifs is 7. The van der Waals surface area contributed by atoms with E-state index in [9.17, 15) is 44.7 Å². The number of amides is 1. The molecule has 1 unspecified atom stereocenters. The van der Waals surface area contributed by atoms with E-state index in [-0.39, 0.29) is 69.9 Å². The zero-order chi connectivity index (χ0) is 43.4. The van der Waals surface area contributed by atoms with Crippen LogP contribution in [0.3, 0.4) is 0 Å². The summed E-state index contributed by atoms with van der Waals surface area (Å²) in [4.78, 5) is 63.0. The number of para-hydroxylation sites is 1. The maximum absolute atomic E-state index is 14.7. The highest BCUT2D eigenvalue weighted by Gasteiger charge is 2.56. The van der Waals surface area contributed by atoms with Gasteiger partial charge < -0.3 is 49.3 Å². The van der Waals surface area contributed by atoms with Crippen molar-refractivity contribution in [3.05, 3.63) is 99.8 Å². The minimum absolute atomic E-state index is 0.0254. The third-order valence-corrected chi connectivity index (χ3v) is 12.4. The Labute approximate surface area is 353 Å². The Bertz CT molecular complexity index is 2480. The van der Waals surface area contributed by atoms with E-state index in [2.05, 4.69) is 15.3 Å². The summed E-state index contributed by atoms with van der Waals surface area (Å²) >= 11 is 0. The highest BCUT2D eigenvalue weighted by atomic mass is 16.7. The number of ether oxygens (including phenoxy) is 4. The van der Waals surface area contributed by atoms with Crippen LogP contribution in [0.5, 0.6) is 11.5 Å². The van der Waals surface area contributed by atoms with Crippen molar-refractivity contribution in [2.45, 2.75) is 93.5 Å². The number of aldehydes is 1. The molecule has 4 aliphatic heterocycles. The molecular formula is C44H44N5O13+. The van der Waals surface area contributed by atoms with Gasteiger partial charge in [0.2, 0.25) is 18.0 Å². The van der Waals surface area contributed by atoms with E-state index in [1.807, 2.05) is 0 Å². The monoisotopic (exact) mass is 850 g/mol. The van der Waals surface area contributed by atoms with Crippen molar-refractivity contribution in [1.29, 1.82) is 5.41 Å². The Balaban J connectivity index is 1.31. The van der Waals surface area contributed by atoms with Gasteiger partial charge in [-0.2, -0.15) is 4.99 Å². The van der Waals surface area contributed by atoms with Gasteiger partial charge in [-0.3, -0.25) is 25.1 Å². The number of hydrogen-bond acceptors (Lipinski definition) is 15. The Morgan fingerprint density at radius 3 is 2.53 bits per heavy atom. The van der Waals surface area contributed by atoms with Crippen LogP contribution in [0, 0.1) is 5.41 Å². The second-order valence-electron chi connectivity index (χ2n) is 16.2. The molecule has 18 nitrogen and oxygen atoms in total. The second kappa shape index (κ2) is 16.4. The van der Waals surface area contributed by atoms with Gasteiger partial charge in [0.1, 0.15) is 48.6 Å². The summed E-state index contributed by atoms with van der Waals surface area (Å²) in [5, 5.41) is 65.8. The van der Waals surface area contributed by atoms with Gasteiger partial charge in [0.05, 0.1) is 24.5 Å². The summed E-state index contributed by atoms with van der Waals surface area (Å²) in [5.41, 5.74) is 0.0547. The molecule has 2 fully saturated rings. The van der Waals surface area contributed by atoms with Crippen LogP contribution in [-0.2, 0) is 25.7 Å². The molecule has 6 aliphatic rings. The number of hydrogen-bond donors (Lipinski definition) is 8. The molecule has 2 bridgehead atoms. The third kappa shape index (κ3) is 6.93. The predicted octanol–water partition coefficient (Wildman–Crippen LogP) is 0.240. The fraction of sp³-hybridized carbons (Fsp3) is 0.386. The Kier molecular flexibility index (Phi) is 10.9.